The average molecular weight is 325 g/mol. The lowest BCUT2D eigenvalue weighted by Gasteiger charge is -2.28. The molecule has 0 saturated heterocycles. The summed E-state index contributed by atoms with van der Waals surface area (Å²) >= 11 is 1.64. The number of carbonyl (C=O) groups excluding carboxylic acids is 1. The van der Waals surface area contributed by atoms with Crippen molar-refractivity contribution in [3.05, 3.63) is 60.7 Å². The van der Waals surface area contributed by atoms with E-state index in [0.29, 0.717) is 5.25 Å². The van der Waals surface area contributed by atoms with Crippen molar-refractivity contribution in [2.75, 3.05) is 16.8 Å². The Hall–Kier alpha value is -2.27. The molecule has 0 spiro atoms. The van der Waals surface area contributed by atoms with E-state index in [4.69, 9.17) is 0 Å². The van der Waals surface area contributed by atoms with Crippen LogP contribution in [0.2, 0.25) is 0 Å². The zero-order valence-corrected chi connectivity index (χ0v) is 13.8. The molecule has 1 heterocycles. The number of anilines is 2. The second-order valence-corrected chi connectivity index (χ2v) is 6.75. The van der Waals surface area contributed by atoms with Gasteiger partial charge in [0.05, 0.1) is 5.69 Å². The first-order valence-electron chi connectivity index (χ1n) is 7.66. The molecule has 2 aromatic rings. The molecule has 1 unspecified atom stereocenters. The third-order valence-corrected chi connectivity index (χ3v) is 4.68. The Balaban J connectivity index is 1.89. The molecule has 118 valence electrons. The summed E-state index contributed by atoms with van der Waals surface area (Å²) in [5, 5.41) is 4.16. The first-order chi connectivity index (χ1) is 11.2. The van der Waals surface area contributed by atoms with Gasteiger partial charge in [-0.1, -0.05) is 55.1 Å². The van der Waals surface area contributed by atoms with E-state index in [9.17, 15) is 4.79 Å². The number of amides is 2. The van der Waals surface area contributed by atoms with Crippen LogP contribution in [0.5, 0.6) is 0 Å². The van der Waals surface area contributed by atoms with Crippen molar-refractivity contribution in [2.45, 2.75) is 18.6 Å². The van der Waals surface area contributed by atoms with Crippen LogP contribution >= 0.6 is 11.8 Å². The number of aliphatic imine (C=N–C) groups is 1. The van der Waals surface area contributed by atoms with Crippen LogP contribution in [0.3, 0.4) is 0 Å². The van der Waals surface area contributed by atoms with Gasteiger partial charge in [-0.25, -0.2) is 9.69 Å². The van der Waals surface area contributed by atoms with Gasteiger partial charge in [0.25, 0.3) is 0 Å². The van der Waals surface area contributed by atoms with Crippen LogP contribution in [0.15, 0.2) is 65.7 Å². The number of benzene rings is 2. The summed E-state index contributed by atoms with van der Waals surface area (Å²) in [7, 11) is 0. The Kier molecular flexibility index (Phi) is 4.98. The van der Waals surface area contributed by atoms with E-state index in [1.54, 1.807) is 16.7 Å². The summed E-state index contributed by atoms with van der Waals surface area (Å²) < 4.78 is 0. The molecule has 23 heavy (non-hydrogen) atoms. The van der Waals surface area contributed by atoms with Crippen LogP contribution in [0.1, 0.15) is 13.3 Å². The lowest BCUT2D eigenvalue weighted by Crippen LogP contribution is -2.40. The highest BCUT2D eigenvalue weighted by Crippen LogP contribution is 2.27. The summed E-state index contributed by atoms with van der Waals surface area (Å²) in [5.74, 6) is 0. The van der Waals surface area contributed by atoms with E-state index in [-0.39, 0.29) is 6.03 Å². The van der Waals surface area contributed by atoms with Gasteiger partial charge in [-0.15, -0.1) is 0 Å². The van der Waals surface area contributed by atoms with E-state index in [1.807, 2.05) is 60.7 Å². The molecule has 1 atom stereocenters. The molecule has 0 saturated carbocycles. The van der Waals surface area contributed by atoms with Gasteiger partial charge in [0.2, 0.25) is 0 Å². The summed E-state index contributed by atoms with van der Waals surface area (Å²) in [6, 6.07) is 18.9. The molecular formula is C18H19N3OS. The number of hydrogen-bond acceptors (Lipinski definition) is 3. The molecule has 0 radical (unpaired) electrons. The topological polar surface area (TPSA) is 44.7 Å². The van der Waals surface area contributed by atoms with Crippen LogP contribution in [-0.4, -0.2) is 23.0 Å². The summed E-state index contributed by atoms with van der Waals surface area (Å²) in [4.78, 5) is 19.1. The van der Waals surface area contributed by atoms with Crippen molar-refractivity contribution in [3.63, 3.8) is 0 Å². The summed E-state index contributed by atoms with van der Waals surface area (Å²) in [5.41, 5.74) is 1.59. The van der Waals surface area contributed by atoms with E-state index in [0.717, 1.165) is 29.5 Å². The summed E-state index contributed by atoms with van der Waals surface area (Å²) in [6.07, 6.45) is 1.04. The van der Waals surface area contributed by atoms with Gasteiger partial charge in [0.15, 0.2) is 5.17 Å². The maximum absolute atomic E-state index is 12.8. The number of amidine groups is 1. The quantitative estimate of drug-likeness (QED) is 0.876. The molecule has 2 aromatic carbocycles. The minimum Gasteiger partial charge on any atom is -0.307 e. The van der Waals surface area contributed by atoms with E-state index in [2.05, 4.69) is 17.2 Å². The predicted octanol–water partition coefficient (Wildman–Crippen LogP) is 4.61. The highest BCUT2D eigenvalue weighted by atomic mass is 32.2. The lowest BCUT2D eigenvalue weighted by molar-refractivity contribution is 0.259. The van der Waals surface area contributed by atoms with Gasteiger partial charge in [-0.2, -0.15) is 0 Å². The number of rotatable bonds is 2. The second kappa shape index (κ2) is 7.33. The predicted molar refractivity (Wildman–Crippen MR) is 98.4 cm³/mol. The zero-order chi connectivity index (χ0) is 16.1. The van der Waals surface area contributed by atoms with Gasteiger partial charge in [-0.05, 0) is 30.7 Å². The van der Waals surface area contributed by atoms with Crippen LogP contribution in [0, 0.1) is 0 Å². The Morgan fingerprint density at radius 1 is 1.13 bits per heavy atom. The zero-order valence-electron chi connectivity index (χ0n) is 13.0. The number of para-hydroxylation sites is 2. The highest BCUT2D eigenvalue weighted by molar-refractivity contribution is 8.14. The number of hydrogen-bond donors (Lipinski definition) is 1. The maximum Gasteiger partial charge on any atom is 0.332 e. The van der Waals surface area contributed by atoms with Gasteiger partial charge >= 0.3 is 6.03 Å². The second-order valence-electron chi connectivity index (χ2n) is 5.35. The summed E-state index contributed by atoms with van der Waals surface area (Å²) in [6.45, 7) is 2.92. The largest absolute Gasteiger partial charge is 0.332 e. The molecule has 3 rings (SSSR count). The number of carbonyl (C=O) groups is 1. The number of urea groups is 1. The number of nitrogens with zero attached hydrogens (tertiary/aromatic N) is 2. The van der Waals surface area contributed by atoms with E-state index < -0.39 is 0 Å². The number of thioether (sulfide) groups is 1. The third kappa shape index (κ3) is 3.93. The van der Waals surface area contributed by atoms with Crippen molar-refractivity contribution < 1.29 is 4.79 Å². The molecule has 2 amide bonds. The van der Waals surface area contributed by atoms with Crippen molar-refractivity contribution in [2.24, 2.45) is 4.99 Å². The molecule has 1 aliphatic heterocycles. The Bertz CT molecular complexity index is 688. The Morgan fingerprint density at radius 3 is 2.43 bits per heavy atom. The molecule has 0 bridgehead atoms. The SMILES string of the molecule is CC1CCN=C(N(C(=O)Nc2ccccc2)c2ccccc2)S1. The smallest absolute Gasteiger partial charge is 0.307 e. The molecular weight excluding hydrogens is 306 g/mol. The van der Waals surface area contributed by atoms with Crippen molar-refractivity contribution >= 4 is 34.3 Å². The molecule has 0 aliphatic carbocycles. The minimum atomic E-state index is -0.192. The molecule has 1 aliphatic rings. The third-order valence-electron chi connectivity index (χ3n) is 3.52. The standard InChI is InChI=1S/C18H19N3OS/c1-14-12-13-19-18(23-14)21(16-10-6-3-7-11-16)17(22)20-15-8-4-2-5-9-15/h2-11,14H,12-13H2,1H3,(H,20,22). The van der Waals surface area contributed by atoms with Crippen LogP contribution in [0.4, 0.5) is 16.2 Å². The molecule has 5 heteroatoms. The van der Waals surface area contributed by atoms with Crippen molar-refractivity contribution in [1.82, 2.24) is 0 Å². The monoisotopic (exact) mass is 325 g/mol. The average Bonchev–Trinajstić information content (AvgIpc) is 2.57. The van der Waals surface area contributed by atoms with Crippen LogP contribution < -0.4 is 10.2 Å². The lowest BCUT2D eigenvalue weighted by atomic mass is 10.3. The molecule has 4 nitrogen and oxygen atoms in total. The van der Waals surface area contributed by atoms with Crippen molar-refractivity contribution in [1.29, 1.82) is 0 Å². The molecule has 0 fully saturated rings. The normalized spacial score (nSPS) is 17.3. The maximum atomic E-state index is 12.8. The molecule has 0 aromatic heterocycles. The fraction of sp³-hybridized carbons (Fsp3) is 0.222. The van der Waals surface area contributed by atoms with Gasteiger partial charge in [0.1, 0.15) is 0 Å². The van der Waals surface area contributed by atoms with E-state index >= 15 is 0 Å². The fourth-order valence-corrected chi connectivity index (χ4v) is 3.38. The highest BCUT2D eigenvalue weighted by Gasteiger charge is 2.26. The van der Waals surface area contributed by atoms with Gasteiger partial charge in [-0.3, -0.25) is 4.99 Å². The fourth-order valence-electron chi connectivity index (χ4n) is 2.33. The Morgan fingerprint density at radius 2 is 1.78 bits per heavy atom. The van der Waals surface area contributed by atoms with Crippen LogP contribution in [0.25, 0.3) is 0 Å². The minimum absolute atomic E-state index is 0.192. The molecule has 1 N–H and O–H groups in total. The Labute approximate surface area is 140 Å². The van der Waals surface area contributed by atoms with E-state index in [1.165, 1.54) is 0 Å². The van der Waals surface area contributed by atoms with Gasteiger partial charge < -0.3 is 5.32 Å². The van der Waals surface area contributed by atoms with Gasteiger partial charge in [0, 0.05) is 17.5 Å². The number of nitrogens with one attached hydrogen (secondary N) is 1. The first-order valence-corrected chi connectivity index (χ1v) is 8.54. The first kappa shape index (κ1) is 15.6. The van der Waals surface area contributed by atoms with Crippen LogP contribution in [-0.2, 0) is 0 Å². The van der Waals surface area contributed by atoms with Crippen molar-refractivity contribution in [3.8, 4) is 0 Å².